The second kappa shape index (κ2) is 10.8. The van der Waals surface area contributed by atoms with E-state index >= 15 is 0 Å². The minimum atomic E-state index is 0.570. The number of aromatic nitrogens is 4. The van der Waals surface area contributed by atoms with Gasteiger partial charge in [-0.05, 0) is 56.4 Å². The fourth-order valence-electron chi connectivity index (χ4n) is 3.64. The van der Waals surface area contributed by atoms with Crippen molar-refractivity contribution in [1.82, 2.24) is 24.6 Å². The van der Waals surface area contributed by atoms with E-state index < -0.39 is 0 Å². The van der Waals surface area contributed by atoms with Crippen LogP contribution in [0.25, 0.3) is 16.7 Å². The van der Waals surface area contributed by atoms with Crippen LogP contribution in [0.4, 0.5) is 17.5 Å². The van der Waals surface area contributed by atoms with Crippen LogP contribution in [-0.2, 0) is 0 Å². The highest BCUT2D eigenvalue weighted by Crippen LogP contribution is 2.27. The first-order valence-electron chi connectivity index (χ1n) is 11.5. The highest BCUT2D eigenvalue weighted by molar-refractivity contribution is 5.90. The SMILES string of the molecule is CCOc1ccc(Nc2nc(NCCN(CC)CC)nc3c2cnn3-c2ccccc2)cc1. The van der Waals surface area contributed by atoms with Crippen LogP contribution in [0.15, 0.2) is 60.8 Å². The van der Waals surface area contributed by atoms with Gasteiger partial charge in [0.25, 0.3) is 0 Å². The van der Waals surface area contributed by atoms with Crippen molar-refractivity contribution in [3.05, 3.63) is 60.8 Å². The molecule has 2 heterocycles. The van der Waals surface area contributed by atoms with Gasteiger partial charge in [0.15, 0.2) is 5.65 Å². The Bertz CT molecular complexity index is 1150. The number of nitrogens with one attached hydrogen (secondary N) is 2. The Hall–Kier alpha value is -3.65. The fraction of sp³-hybridized carbons (Fsp3) is 0.320. The van der Waals surface area contributed by atoms with Gasteiger partial charge >= 0.3 is 0 Å². The molecule has 0 unspecified atom stereocenters. The third kappa shape index (κ3) is 5.40. The lowest BCUT2D eigenvalue weighted by molar-refractivity contribution is 0.316. The maximum atomic E-state index is 5.55. The molecule has 0 saturated heterocycles. The summed E-state index contributed by atoms with van der Waals surface area (Å²) in [6, 6.07) is 17.9. The van der Waals surface area contributed by atoms with Gasteiger partial charge in [0.2, 0.25) is 5.95 Å². The quantitative estimate of drug-likeness (QED) is 0.346. The second-order valence-electron chi connectivity index (χ2n) is 7.56. The number of fused-ring (bicyclic) bond motifs is 1. The molecule has 2 aromatic heterocycles. The summed E-state index contributed by atoms with van der Waals surface area (Å²) in [6.45, 7) is 10.7. The number of hydrogen-bond acceptors (Lipinski definition) is 7. The maximum Gasteiger partial charge on any atom is 0.226 e. The summed E-state index contributed by atoms with van der Waals surface area (Å²) in [6.07, 6.45) is 1.80. The van der Waals surface area contributed by atoms with Crippen LogP contribution in [0.1, 0.15) is 20.8 Å². The number of nitrogens with zero attached hydrogens (tertiary/aromatic N) is 5. The lowest BCUT2D eigenvalue weighted by Gasteiger charge is -2.18. The number of anilines is 3. The number of para-hydroxylation sites is 1. The van der Waals surface area contributed by atoms with Crippen LogP contribution in [0, 0.1) is 0 Å². The zero-order chi connectivity index (χ0) is 23.0. The molecule has 2 N–H and O–H groups in total. The predicted octanol–water partition coefficient (Wildman–Crippen LogP) is 4.71. The van der Waals surface area contributed by atoms with E-state index in [1.54, 1.807) is 6.20 Å². The average molecular weight is 446 g/mol. The molecule has 2 aromatic carbocycles. The van der Waals surface area contributed by atoms with Crippen molar-refractivity contribution in [1.29, 1.82) is 0 Å². The first kappa shape index (κ1) is 22.5. The van der Waals surface area contributed by atoms with Gasteiger partial charge in [-0.1, -0.05) is 32.0 Å². The monoisotopic (exact) mass is 445 g/mol. The molecule has 33 heavy (non-hydrogen) atoms. The first-order chi connectivity index (χ1) is 16.2. The van der Waals surface area contributed by atoms with Crippen molar-refractivity contribution < 1.29 is 4.74 Å². The van der Waals surface area contributed by atoms with Gasteiger partial charge in [-0.3, -0.25) is 0 Å². The normalized spacial score (nSPS) is 11.2. The third-order valence-corrected chi connectivity index (χ3v) is 5.46. The average Bonchev–Trinajstić information content (AvgIpc) is 3.28. The van der Waals surface area contributed by atoms with Gasteiger partial charge < -0.3 is 20.3 Å². The number of rotatable bonds is 11. The van der Waals surface area contributed by atoms with E-state index in [9.17, 15) is 0 Å². The Morgan fingerprint density at radius 1 is 0.939 bits per heavy atom. The van der Waals surface area contributed by atoms with Crippen molar-refractivity contribution in [2.45, 2.75) is 20.8 Å². The van der Waals surface area contributed by atoms with Gasteiger partial charge in [0, 0.05) is 18.8 Å². The first-order valence-corrected chi connectivity index (χ1v) is 11.5. The highest BCUT2D eigenvalue weighted by Gasteiger charge is 2.15. The molecule has 0 bridgehead atoms. The molecule has 0 atom stereocenters. The van der Waals surface area contributed by atoms with Crippen LogP contribution < -0.4 is 15.4 Å². The topological polar surface area (TPSA) is 80.1 Å². The van der Waals surface area contributed by atoms with Crippen molar-refractivity contribution in [3.63, 3.8) is 0 Å². The van der Waals surface area contributed by atoms with E-state index in [1.165, 1.54) is 0 Å². The standard InChI is InChI=1S/C25H31N7O/c1-4-31(5-2)17-16-26-25-29-23(28-19-12-14-21(15-13-19)33-6-3)22-18-27-32(24(22)30-25)20-10-8-7-9-11-20/h7-15,18H,4-6,16-17H2,1-3H3,(H2,26,28,29,30). The molecule has 8 heteroatoms. The van der Waals surface area contributed by atoms with E-state index in [2.05, 4.69) is 34.5 Å². The molecule has 0 radical (unpaired) electrons. The predicted molar refractivity (Wildman–Crippen MR) is 134 cm³/mol. The van der Waals surface area contributed by atoms with Crippen LogP contribution in [0.2, 0.25) is 0 Å². The van der Waals surface area contributed by atoms with Gasteiger partial charge in [-0.25, -0.2) is 4.68 Å². The lowest BCUT2D eigenvalue weighted by Crippen LogP contribution is -2.29. The zero-order valence-corrected chi connectivity index (χ0v) is 19.5. The molecule has 0 aliphatic heterocycles. The Morgan fingerprint density at radius 3 is 2.39 bits per heavy atom. The van der Waals surface area contributed by atoms with Crippen LogP contribution in [-0.4, -0.2) is 57.4 Å². The maximum absolute atomic E-state index is 5.55. The Balaban J connectivity index is 1.67. The van der Waals surface area contributed by atoms with Crippen molar-refractivity contribution in [3.8, 4) is 11.4 Å². The largest absolute Gasteiger partial charge is 0.494 e. The summed E-state index contributed by atoms with van der Waals surface area (Å²) in [4.78, 5) is 11.9. The number of benzene rings is 2. The summed E-state index contributed by atoms with van der Waals surface area (Å²) in [5.74, 6) is 2.11. The van der Waals surface area contributed by atoms with E-state index in [0.717, 1.165) is 54.3 Å². The van der Waals surface area contributed by atoms with Gasteiger partial charge in [-0.15, -0.1) is 0 Å². The molecule has 0 spiro atoms. The van der Waals surface area contributed by atoms with Crippen molar-refractivity contribution in [2.24, 2.45) is 0 Å². The van der Waals surface area contributed by atoms with Crippen LogP contribution >= 0.6 is 0 Å². The lowest BCUT2D eigenvalue weighted by atomic mass is 10.3. The zero-order valence-electron chi connectivity index (χ0n) is 19.5. The molecule has 0 aliphatic rings. The minimum Gasteiger partial charge on any atom is -0.494 e. The number of hydrogen-bond donors (Lipinski definition) is 2. The molecule has 4 rings (SSSR count). The summed E-state index contributed by atoms with van der Waals surface area (Å²) in [5, 5.41) is 12.3. The number of ether oxygens (including phenoxy) is 1. The Labute approximate surface area is 194 Å². The van der Waals surface area contributed by atoms with Crippen molar-refractivity contribution >= 4 is 28.5 Å². The summed E-state index contributed by atoms with van der Waals surface area (Å²) < 4.78 is 7.40. The van der Waals surface area contributed by atoms with E-state index in [-0.39, 0.29) is 0 Å². The third-order valence-electron chi connectivity index (χ3n) is 5.46. The van der Waals surface area contributed by atoms with Gasteiger partial charge in [0.1, 0.15) is 11.6 Å². The second-order valence-corrected chi connectivity index (χ2v) is 7.56. The van der Waals surface area contributed by atoms with Gasteiger partial charge in [-0.2, -0.15) is 15.1 Å². The van der Waals surface area contributed by atoms with Crippen LogP contribution in [0.3, 0.4) is 0 Å². The molecule has 0 fully saturated rings. The number of likely N-dealkylation sites (N-methyl/N-ethyl adjacent to an activating group) is 1. The molecule has 0 saturated carbocycles. The fourth-order valence-corrected chi connectivity index (χ4v) is 3.64. The summed E-state index contributed by atoms with van der Waals surface area (Å²) in [7, 11) is 0. The van der Waals surface area contributed by atoms with Crippen molar-refractivity contribution in [2.75, 3.05) is 43.4 Å². The van der Waals surface area contributed by atoms with E-state index in [4.69, 9.17) is 14.7 Å². The molecule has 4 aromatic rings. The van der Waals surface area contributed by atoms with E-state index in [0.29, 0.717) is 18.4 Å². The molecule has 0 amide bonds. The molecule has 172 valence electrons. The molecule has 0 aliphatic carbocycles. The van der Waals surface area contributed by atoms with Crippen LogP contribution in [0.5, 0.6) is 5.75 Å². The molecule has 8 nitrogen and oxygen atoms in total. The van der Waals surface area contributed by atoms with Gasteiger partial charge in [0.05, 0.1) is 23.9 Å². The summed E-state index contributed by atoms with van der Waals surface area (Å²) in [5.41, 5.74) is 2.61. The molecular weight excluding hydrogens is 414 g/mol. The smallest absolute Gasteiger partial charge is 0.226 e. The Morgan fingerprint density at radius 2 is 1.70 bits per heavy atom. The highest BCUT2D eigenvalue weighted by atomic mass is 16.5. The molecular formula is C25H31N7O. The van der Waals surface area contributed by atoms with E-state index in [1.807, 2.05) is 66.2 Å². The minimum absolute atomic E-state index is 0.570. The Kier molecular flexibility index (Phi) is 7.36. The summed E-state index contributed by atoms with van der Waals surface area (Å²) >= 11 is 0.